The lowest BCUT2D eigenvalue weighted by atomic mass is 10.1. The Morgan fingerprint density at radius 1 is 1.05 bits per heavy atom. The van der Waals surface area contributed by atoms with E-state index in [0.717, 1.165) is 6.26 Å². The van der Waals surface area contributed by atoms with E-state index in [1.54, 1.807) is 10.6 Å². The minimum Gasteiger partial charge on any atom is -0.325 e. The molecule has 0 saturated carbocycles. The molecule has 1 aromatic carbocycles. The van der Waals surface area contributed by atoms with Crippen molar-refractivity contribution in [1.82, 2.24) is 10.6 Å². The molecule has 0 spiro atoms. The average molecular weight is 325 g/mol. The number of hydrogen-bond donors (Lipinski definition) is 3. The van der Waals surface area contributed by atoms with Gasteiger partial charge in [0.05, 0.1) is 4.90 Å². The third kappa shape index (κ3) is 3.28. The molecule has 1 aliphatic rings. The Hall–Kier alpha value is -2.75. The van der Waals surface area contributed by atoms with Gasteiger partial charge in [0.15, 0.2) is 15.8 Å². The summed E-state index contributed by atoms with van der Waals surface area (Å²) in [5.74, 6) is -4.69. The molecular weight excluding hydrogens is 314 g/mol. The highest BCUT2D eigenvalue weighted by Gasteiger charge is 2.39. The fraction of sp³-hybridized carbons (Fsp3) is 0.167. The predicted octanol–water partition coefficient (Wildman–Crippen LogP) is -0.989. The molecule has 1 aliphatic heterocycles. The third-order valence-corrected chi connectivity index (χ3v) is 3.94. The van der Waals surface area contributed by atoms with Crippen molar-refractivity contribution in [1.29, 1.82) is 0 Å². The van der Waals surface area contributed by atoms with Gasteiger partial charge in [-0.15, -0.1) is 0 Å². The number of hydrogen-bond acceptors (Lipinski definition) is 6. The van der Waals surface area contributed by atoms with E-state index < -0.39 is 39.5 Å². The number of imide groups is 2. The number of nitrogens with one attached hydrogen (secondary N) is 3. The first-order chi connectivity index (χ1) is 10.2. The number of amides is 5. The molecule has 1 fully saturated rings. The number of rotatable bonds is 3. The molecule has 1 saturated heterocycles. The summed E-state index contributed by atoms with van der Waals surface area (Å²) < 4.78 is 22.6. The average Bonchev–Trinajstić information content (AvgIpc) is 2.36. The Bertz CT molecular complexity index is 749. The van der Waals surface area contributed by atoms with Gasteiger partial charge >= 0.3 is 6.03 Å². The van der Waals surface area contributed by atoms with E-state index in [0.29, 0.717) is 0 Å². The van der Waals surface area contributed by atoms with Gasteiger partial charge in [0.2, 0.25) is 17.7 Å². The number of sulfone groups is 1. The maximum absolute atomic E-state index is 11.9. The van der Waals surface area contributed by atoms with Crippen molar-refractivity contribution in [2.75, 3.05) is 11.6 Å². The van der Waals surface area contributed by atoms with Crippen LogP contribution in [0.1, 0.15) is 0 Å². The summed E-state index contributed by atoms with van der Waals surface area (Å²) in [4.78, 5) is 45.9. The van der Waals surface area contributed by atoms with Crippen LogP contribution >= 0.6 is 0 Å². The fourth-order valence-corrected chi connectivity index (χ4v) is 2.39. The summed E-state index contributed by atoms with van der Waals surface area (Å²) in [6.45, 7) is 0. The van der Waals surface area contributed by atoms with Gasteiger partial charge in [-0.25, -0.2) is 13.2 Å². The van der Waals surface area contributed by atoms with Crippen LogP contribution in [0.15, 0.2) is 29.2 Å². The molecule has 1 aromatic rings. The zero-order valence-corrected chi connectivity index (χ0v) is 12.1. The van der Waals surface area contributed by atoms with Crippen molar-refractivity contribution in [2.45, 2.75) is 4.90 Å². The van der Waals surface area contributed by atoms with E-state index in [1.165, 1.54) is 24.3 Å². The molecular formula is C12H11N3O6S. The molecule has 0 aliphatic carbocycles. The Balaban J connectivity index is 2.13. The van der Waals surface area contributed by atoms with Crippen LogP contribution in [0.3, 0.4) is 0 Å². The van der Waals surface area contributed by atoms with E-state index >= 15 is 0 Å². The molecule has 0 aromatic heterocycles. The Morgan fingerprint density at radius 3 is 2.00 bits per heavy atom. The summed E-state index contributed by atoms with van der Waals surface area (Å²) >= 11 is 0. The van der Waals surface area contributed by atoms with E-state index in [2.05, 4.69) is 5.32 Å². The number of benzene rings is 1. The van der Waals surface area contributed by atoms with Crippen molar-refractivity contribution < 1.29 is 27.6 Å². The minimum atomic E-state index is -3.37. The van der Waals surface area contributed by atoms with Crippen molar-refractivity contribution in [3.05, 3.63) is 24.3 Å². The molecule has 0 radical (unpaired) electrons. The molecule has 9 nitrogen and oxygen atoms in total. The van der Waals surface area contributed by atoms with Crippen molar-refractivity contribution >= 4 is 39.3 Å². The first kappa shape index (κ1) is 15.6. The van der Waals surface area contributed by atoms with Crippen LogP contribution < -0.4 is 16.0 Å². The van der Waals surface area contributed by atoms with Crippen LogP contribution in [0.4, 0.5) is 10.5 Å². The molecule has 2 rings (SSSR count). The lowest BCUT2D eigenvalue weighted by molar-refractivity contribution is -0.141. The van der Waals surface area contributed by atoms with Crippen LogP contribution in [-0.4, -0.2) is 38.4 Å². The molecule has 0 unspecified atom stereocenters. The maximum atomic E-state index is 11.9. The maximum Gasteiger partial charge on any atom is 0.328 e. The molecule has 3 N–H and O–H groups in total. The summed E-state index contributed by atoms with van der Waals surface area (Å²) in [5, 5.41) is 5.91. The minimum absolute atomic E-state index is 0.0595. The van der Waals surface area contributed by atoms with E-state index in [-0.39, 0.29) is 10.6 Å². The van der Waals surface area contributed by atoms with Crippen LogP contribution in [0.5, 0.6) is 0 Å². The second-order valence-electron chi connectivity index (χ2n) is 4.53. The number of anilines is 1. The van der Waals surface area contributed by atoms with Crippen LogP contribution in [0.25, 0.3) is 0 Å². The molecule has 0 bridgehead atoms. The van der Waals surface area contributed by atoms with Crippen molar-refractivity contribution in [3.8, 4) is 0 Å². The Morgan fingerprint density at radius 2 is 1.55 bits per heavy atom. The molecule has 22 heavy (non-hydrogen) atoms. The van der Waals surface area contributed by atoms with E-state index in [4.69, 9.17) is 0 Å². The van der Waals surface area contributed by atoms with Gasteiger partial charge < -0.3 is 5.32 Å². The topological polar surface area (TPSA) is 139 Å². The van der Waals surface area contributed by atoms with Gasteiger partial charge in [0.1, 0.15) is 0 Å². The zero-order chi connectivity index (χ0) is 16.5. The van der Waals surface area contributed by atoms with Crippen molar-refractivity contribution in [3.63, 3.8) is 0 Å². The summed E-state index contributed by atoms with van der Waals surface area (Å²) in [6, 6.07) is 4.19. The van der Waals surface area contributed by atoms with Gasteiger partial charge in [-0.2, -0.15) is 0 Å². The van der Waals surface area contributed by atoms with Crippen LogP contribution in [0, 0.1) is 5.92 Å². The second kappa shape index (κ2) is 5.56. The molecule has 5 amide bonds. The van der Waals surface area contributed by atoms with Crippen molar-refractivity contribution in [2.24, 2.45) is 5.92 Å². The molecule has 0 atom stereocenters. The number of barbiturate groups is 1. The summed E-state index contributed by atoms with van der Waals surface area (Å²) in [5.41, 5.74) is 0.204. The first-order valence-corrected chi connectivity index (χ1v) is 7.84. The van der Waals surface area contributed by atoms with Gasteiger partial charge in [0.25, 0.3) is 0 Å². The second-order valence-corrected chi connectivity index (χ2v) is 6.54. The number of carbonyl (C=O) groups is 4. The summed E-state index contributed by atoms with van der Waals surface area (Å²) in [7, 11) is -3.37. The SMILES string of the molecule is CS(=O)(=O)c1ccc(NC(=O)C2C(=O)NC(=O)NC2=O)cc1. The van der Waals surface area contributed by atoms with E-state index in [9.17, 15) is 27.6 Å². The standard InChI is InChI=1S/C12H11N3O6S/c1-22(20,21)7-4-2-6(3-5-7)13-9(16)8-10(17)14-12(19)15-11(8)18/h2-5,8H,1H3,(H,13,16)(H2,14,15,17,18,19). The van der Waals surface area contributed by atoms with Gasteiger partial charge in [-0.1, -0.05) is 0 Å². The number of carbonyl (C=O) groups excluding carboxylic acids is 4. The van der Waals surface area contributed by atoms with Gasteiger partial charge in [-0.3, -0.25) is 25.0 Å². The van der Waals surface area contributed by atoms with Gasteiger partial charge in [-0.05, 0) is 24.3 Å². The Kier molecular flexibility index (Phi) is 3.95. The van der Waals surface area contributed by atoms with Gasteiger partial charge in [0, 0.05) is 11.9 Å². The summed E-state index contributed by atoms with van der Waals surface area (Å²) in [6.07, 6.45) is 1.04. The lowest BCUT2D eigenvalue weighted by Gasteiger charge is -2.19. The molecule has 116 valence electrons. The smallest absolute Gasteiger partial charge is 0.325 e. The zero-order valence-electron chi connectivity index (χ0n) is 11.2. The first-order valence-electron chi connectivity index (χ1n) is 5.95. The normalized spacial score (nSPS) is 16.0. The van der Waals surface area contributed by atoms with E-state index in [1.807, 2.05) is 0 Å². The highest BCUT2D eigenvalue weighted by Crippen LogP contribution is 2.15. The molecule has 1 heterocycles. The third-order valence-electron chi connectivity index (χ3n) is 2.81. The lowest BCUT2D eigenvalue weighted by Crippen LogP contribution is -2.58. The highest BCUT2D eigenvalue weighted by molar-refractivity contribution is 7.90. The highest BCUT2D eigenvalue weighted by atomic mass is 32.2. The fourth-order valence-electron chi connectivity index (χ4n) is 1.76. The number of urea groups is 1. The molecule has 10 heteroatoms. The predicted molar refractivity (Wildman–Crippen MR) is 73.4 cm³/mol. The largest absolute Gasteiger partial charge is 0.328 e. The van der Waals surface area contributed by atoms with Crippen LogP contribution in [-0.2, 0) is 24.2 Å². The monoisotopic (exact) mass is 325 g/mol. The van der Waals surface area contributed by atoms with Crippen LogP contribution in [0.2, 0.25) is 0 Å². The quantitative estimate of drug-likeness (QED) is 0.610. The Labute approximate surface area is 125 Å².